The lowest BCUT2D eigenvalue weighted by molar-refractivity contribution is 0.0526. The number of nitrogens with zero attached hydrogens (tertiary/aromatic N) is 3. The fourth-order valence-corrected chi connectivity index (χ4v) is 3.91. The van der Waals surface area contributed by atoms with Crippen molar-refractivity contribution in [2.75, 3.05) is 11.9 Å². The highest BCUT2D eigenvalue weighted by atomic mass is 16.5. The van der Waals surface area contributed by atoms with Crippen molar-refractivity contribution in [1.82, 2.24) is 14.7 Å². The van der Waals surface area contributed by atoms with Crippen LogP contribution < -0.4 is 5.32 Å². The van der Waals surface area contributed by atoms with Crippen molar-refractivity contribution in [2.45, 2.75) is 13.5 Å². The normalized spacial score (nSPS) is 12.5. The van der Waals surface area contributed by atoms with Crippen LogP contribution in [0.25, 0.3) is 5.69 Å². The van der Waals surface area contributed by atoms with Gasteiger partial charge in [0.1, 0.15) is 11.3 Å². The second kappa shape index (κ2) is 9.34. The van der Waals surface area contributed by atoms with Crippen LogP contribution in [0.4, 0.5) is 5.82 Å². The number of aromatic nitrogens is 2. The number of anilines is 1. The van der Waals surface area contributed by atoms with Gasteiger partial charge < -0.3 is 14.5 Å². The zero-order valence-electron chi connectivity index (χ0n) is 19.1. The number of furan rings is 1. The van der Waals surface area contributed by atoms with Crippen LogP contribution >= 0.6 is 0 Å². The summed E-state index contributed by atoms with van der Waals surface area (Å²) in [5, 5.41) is 6.96. The Bertz CT molecular complexity index is 1470. The smallest absolute Gasteiger partial charge is 0.343 e. The highest BCUT2D eigenvalue weighted by Gasteiger charge is 2.36. The predicted molar refractivity (Wildman–Crippen MR) is 127 cm³/mol. The molecule has 10 heteroatoms. The summed E-state index contributed by atoms with van der Waals surface area (Å²) in [6.07, 6.45) is 2.78. The monoisotopic (exact) mass is 484 g/mol. The van der Waals surface area contributed by atoms with Crippen molar-refractivity contribution in [3.8, 4) is 5.69 Å². The molecule has 10 nitrogen and oxygen atoms in total. The number of rotatable bonds is 7. The maximum Gasteiger partial charge on any atom is 0.343 e. The Hall–Kier alpha value is -4.99. The lowest BCUT2D eigenvalue weighted by atomic mass is 10.1. The van der Waals surface area contributed by atoms with Gasteiger partial charge in [0.05, 0.1) is 42.4 Å². The van der Waals surface area contributed by atoms with E-state index in [4.69, 9.17) is 9.15 Å². The van der Waals surface area contributed by atoms with Crippen molar-refractivity contribution in [3.05, 3.63) is 101 Å². The van der Waals surface area contributed by atoms with Crippen molar-refractivity contribution in [1.29, 1.82) is 0 Å². The molecule has 0 fully saturated rings. The number of esters is 1. The SMILES string of the molecule is CCOC(=O)c1cnn(-c2ccccc2)c1NC(=O)c1ccc2c(c1)C(=O)N(Cc1ccco1)C2=O. The Kier molecular flexibility index (Phi) is 5.91. The maximum absolute atomic E-state index is 13.2. The minimum absolute atomic E-state index is 0.0139. The third-order valence-electron chi connectivity index (χ3n) is 5.62. The molecule has 2 aromatic heterocycles. The van der Waals surface area contributed by atoms with Gasteiger partial charge in [-0.25, -0.2) is 9.48 Å². The zero-order chi connectivity index (χ0) is 25.2. The van der Waals surface area contributed by atoms with Crippen molar-refractivity contribution >= 4 is 29.5 Å². The van der Waals surface area contributed by atoms with Gasteiger partial charge in [-0.1, -0.05) is 18.2 Å². The minimum Gasteiger partial charge on any atom is -0.467 e. The van der Waals surface area contributed by atoms with Gasteiger partial charge in [0.2, 0.25) is 0 Å². The number of amides is 3. The number of imide groups is 1. The average molecular weight is 484 g/mol. The number of para-hydroxylation sites is 1. The minimum atomic E-state index is -0.640. The molecule has 3 amide bonds. The molecule has 1 N–H and O–H groups in total. The molecule has 1 aliphatic heterocycles. The second-order valence-electron chi connectivity index (χ2n) is 7.86. The molecular formula is C26H20N4O6. The summed E-state index contributed by atoms with van der Waals surface area (Å²) in [6.45, 7) is 1.81. The summed E-state index contributed by atoms with van der Waals surface area (Å²) in [6, 6.07) is 16.5. The Labute approximate surface area is 205 Å². The van der Waals surface area contributed by atoms with E-state index in [1.165, 1.54) is 35.3 Å². The topological polar surface area (TPSA) is 124 Å². The van der Waals surface area contributed by atoms with Crippen molar-refractivity contribution in [2.24, 2.45) is 0 Å². The molecule has 36 heavy (non-hydrogen) atoms. The zero-order valence-corrected chi connectivity index (χ0v) is 19.1. The van der Waals surface area contributed by atoms with E-state index in [0.29, 0.717) is 11.4 Å². The van der Waals surface area contributed by atoms with Gasteiger partial charge in [-0.05, 0) is 49.4 Å². The van der Waals surface area contributed by atoms with Crippen LogP contribution in [0.1, 0.15) is 54.1 Å². The van der Waals surface area contributed by atoms with Crippen molar-refractivity contribution in [3.63, 3.8) is 0 Å². The third kappa shape index (κ3) is 4.05. The summed E-state index contributed by atoms with van der Waals surface area (Å²) >= 11 is 0. The molecule has 0 aliphatic carbocycles. The largest absolute Gasteiger partial charge is 0.467 e. The van der Waals surface area contributed by atoms with Crippen LogP contribution in [0.2, 0.25) is 0 Å². The Morgan fingerprint density at radius 1 is 1.00 bits per heavy atom. The van der Waals surface area contributed by atoms with Crippen LogP contribution in [0, 0.1) is 0 Å². The first-order chi connectivity index (χ1) is 17.5. The lowest BCUT2D eigenvalue weighted by Crippen LogP contribution is -2.28. The van der Waals surface area contributed by atoms with Gasteiger partial charge in [0, 0.05) is 5.56 Å². The fourth-order valence-electron chi connectivity index (χ4n) is 3.91. The molecule has 0 saturated carbocycles. The number of carbonyl (C=O) groups excluding carboxylic acids is 4. The van der Waals surface area contributed by atoms with E-state index in [1.54, 1.807) is 43.3 Å². The Morgan fingerprint density at radius 3 is 2.50 bits per heavy atom. The molecule has 0 spiro atoms. The summed E-state index contributed by atoms with van der Waals surface area (Å²) in [5.41, 5.74) is 1.13. The van der Waals surface area contributed by atoms with E-state index >= 15 is 0 Å². The molecule has 5 rings (SSSR count). The van der Waals surface area contributed by atoms with E-state index < -0.39 is 23.7 Å². The summed E-state index contributed by atoms with van der Waals surface area (Å²) in [4.78, 5) is 52.5. The van der Waals surface area contributed by atoms with Gasteiger partial charge in [0.25, 0.3) is 17.7 Å². The second-order valence-corrected chi connectivity index (χ2v) is 7.86. The van der Waals surface area contributed by atoms with Crippen LogP contribution in [-0.2, 0) is 11.3 Å². The van der Waals surface area contributed by atoms with Gasteiger partial charge >= 0.3 is 5.97 Å². The molecular weight excluding hydrogens is 464 g/mol. The van der Waals surface area contributed by atoms with Gasteiger partial charge in [-0.2, -0.15) is 5.10 Å². The highest BCUT2D eigenvalue weighted by molar-refractivity contribution is 6.22. The third-order valence-corrected chi connectivity index (χ3v) is 5.62. The number of hydrogen-bond acceptors (Lipinski definition) is 7. The lowest BCUT2D eigenvalue weighted by Gasteiger charge is -2.11. The molecule has 3 heterocycles. The molecule has 0 atom stereocenters. The molecule has 0 unspecified atom stereocenters. The number of hydrogen-bond donors (Lipinski definition) is 1. The molecule has 4 aromatic rings. The first-order valence-corrected chi connectivity index (χ1v) is 11.1. The molecule has 1 aliphatic rings. The molecule has 0 radical (unpaired) electrons. The Balaban J connectivity index is 1.45. The van der Waals surface area contributed by atoms with E-state index in [0.717, 1.165) is 4.90 Å². The standard InChI is InChI=1S/C26H20N4O6/c1-2-35-26(34)21-14-27-30(17-7-4-3-5-8-17)22(21)28-23(31)16-10-11-19-20(13-16)25(33)29(24(19)32)15-18-9-6-12-36-18/h3-14H,2,15H2,1H3,(H,28,31). The number of fused-ring (bicyclic) bond motifs is 1. The summed E-state index contributed by atoms with van der Waals surface area (Å²) in [5.74, 6) is -1.65. The van der Waals surface area contributed by atoms with Crippen LogP contribution in [-0.4, -0.2) is 45.0 Å². The Morgan fingerprint density at radius 2 is 1.78 bits per heavy atom. The summed E-state index contributed by atoms with van der Waals surface area (Å²) < 4.78 is 11.8. The van der Waals surface area contributed by atoms with Crippen molar-refractivity contribution < 1.29 is 28.3 Å². The fraction of sp³-hybridized carbons (Fsp3) is 0.115. The first-order valence-electron chi connectivity index (χ1n) is 11.1. The van der Waals surface area contributed by atoms with Gasteiger partial charge in [0.15, 0.2) is 5.82 Å². The molecule has 0 saturated heterocycles. The van der Waals surface area contributed by atoms with Gasteiger partial charge in [-0.15, -0.1) is 0 Å². The number of ether oxygens (including phenoxy) is 1. The van der Waals surface area contributed by atoms with Crippen LogP contribution in [0.5, 0.6) is 0 Å². The number of benzene rings is 2. The van der Waals surface area contributed by atoms with E-state index in [2.05, 4.69) is 10.4 Å². The molecule has 180 valence electrons. The molecule has 2 aromatic carbocycles. The first kappa shape index (κ1) is 22.8. The maximum atomic E-state index is 13.2. The quantitative estimate of drug-likeness (QED) is 0.313. The van der Waals surface area contributed by atoms with Crippen LogP contribution in [0.15, 0.2) is 77.5 Å². The molecule has 0 bridgehead atoms. The van der Waals surface area contributed by atoms with Crippen LogP contribution in [0.3, 0.4) is 0 Å². The van der Waals surface area contributed by atoms with Gasteiger partial charge in [-0.3, -0.25) is 19.3 Å². The summed E-state index contributed by atoms with van der Waals surface area (Å²) in [7, 11) is 0. The number of nitrogens with one attached hydrogen (secondary N) is 1. The number of carbonyl (C=O) groups is 4. The average Bonchev–Trinajstić information content (AvgIpc) is 3.61. The predicted octanol–water partition coefficient (Wildman–Crippen LogP) is 3.69. The van der Waals surface area contributed by atoms with E-state index in [-0.39, 0.29) is 41.2 Å². The highest BCUT2D eigenvalue weighted by Crippen LogP contribution is 2.27. The van der Waals surface area contributed by atoms with E-state index in [1.807, 2.05) is 6.07 Å². The van der Waals surface area contributed by atoms with E-state index in [9.17, 15) is 19.2 Å².